The van der Waals surface area contributed by atoms with Crippen molar-refractivity contribution in [2.45, 2.75) is 43.2 Å². The maximum atomic E-state index is 13.3. The number of rotatable bonds is 8. The van der Waals surface area contributed by atoms with Gasteiger partial charge in [0.05, 0.1) is 17.6 Å². The molecule has 11 heteroatoms. The van der Waals surface area contributed by atoms with E-state index in [0.717, 1.165) is 0 Å². The quantitative estimate of drug-likeness (QED) is 0.543. The highest BCUT2D eigenvalue weighted by molar-refractivity contribution is 7.89. The van der Waals surface area contributed by atoms with Crippen LogP contribution in [0.4, 0.5) is 5.69 Å². The summed E-state index contributed by atoms with van der Waals surface area (Å²) in [5.74, 6) is -0.564. The highest BCUT2D eigenvalue weighted by atomic mass is 32.2. The lowest BCUT2D eigenvalue weighted by Crippen LogP contribution is -2.54. The van der Waals surface area contributed by atoms with Gasteiger partial charge < -0.3 is 25.0 Å². The third-order valence-electron chi connectivity index (χ3n) is 5.95. The van der Waals surface area contributed by atoms with Crippen molar-refractivity contribution in [1.29, 1.82) is 0 Å². The number of sulfonamides is 1. The molecule has 0 aromatic heterocycles. The highest BCUT2D eigenvalue weighted by Crippen LogP contribution is 2.29. The van der Waals surface area contributed by atoms with Crippen molar-refractivity contribution in [2.24, 2.45) is 5.73 Å². The topological polar surface area (TPSA) is 131 Å². The maximum Gasteiger partial charge on any atom is 0.253 e. The number of methoxy groups -OCH3 is 1. The van der Waals surface area contributed by atoms with Crippen LogP contribution in [0.25, 0.3) is 0 Å². The Labute approximate surface area is 189 Å². The fourth-order valence-electron chi connectivity index (χ4n) is 4.17. The number of morpholine rings is 1. The van der Waals surface area contributed by atoms with Gasteiger partial charge in [0.15, 0.2) is 0 Å². The number of nitrogens with two attached hydrogens (primary N) is 1. The van der Waals surface area contributed by atoms with Crippen LogP contribution in [0.5, 0.6) is 0 Å². The highest BCUT2D eigenvalue weighted by Gasteiger charge is 2.33. The Morgan fingerprint density at radius 3 is 2.62 bits per heavy atom. The number of likely N-dealkylation sites (tertiary alicyclic amines) is 1. The van der Waals surface area contributed by atoms with Gasteiger partial charge in [-0.2, -0.15) is 4.72 Å². The summed E-state index contributed by atoms with van der Waals surface area (Å²) in [6.07, 6.45) is 1.89. The first-order valence-electron chi connectivity index (χ1n) is 10.9. The molecule has 2 heterocycles. The lowest BCUT2D eigenvalue weighted by Gasteiger charge is -2.33. The normalized spacial score (nSPS) is 19.3. The molecular formula is C21H32N4O6S. The first-order valence-corrected chi connectivity index (χ1v) is 12.3. The molecule has 0 saturated carbocycles. The Bertz CT molecular complexity index is 930. The van der Waals surface area contributed by atoms with Crippen molar-refractivity contribution in [3.8, 4) is 0 Å². The molecule has 1 aromatic rings. The minimum Gasteiger partial charge on any atom is -0.381 e. The Hall–Kier alpha value is -2.05. The lowest BCUT2D eigenvalue weighted by molar-refractivity contribution is -0.135. The van der Waals surface area contributed by atoms with E-state index >= 15 is 0 Å². The molecule has 10 nitrogen and oxygen atoms in total. The van der Waals surface area contributed by atoms with Gasteiger partial charge >= 0.3 is 0 Å². The molecule has 1 aromatic carbocycles. The van der Waals surface area contributed by atoms with E-state index in [1.54, 1.807) is 29.0 Å². The predicted octanol–water partition coefficient (Wildman–Crippen LogP) is -0.145. The molecule has 32 heavy (non-hydrogen) atoms. The van der Waals surface area contributed by atoms with E-state index in [9.17, 15) is 18.0 Å². The van der Waals surface area contributed by atoms with E-state index < -0.39 is 16.1 Å². The van der Waals surface area contributed by atoms with Crippen LogP contribution < -0.4 is 15.4 Å². The number of benzene rings is 1. The molecule has 2 aliphatic rings. The number of anilines is 1. The van der Waals surface area contributed by atoms with Gasteiger partial charge in [-0.1, -0.05) is 13.0 Å². The van der Waals surface area contributed by atoms with E-state index in [4.69, 9.17) is 15.2 Å². The van der Waals surface area contributed by atoms with Crippen LogP contribution >= 0.6 is 0 Å². The number of hydrogen-bond donors (Lipinski definition) is 2. The number of carbonyl (C=O) groups excluding carboxylic acids is 2. The molecule has 178 valence electrons. The van der Waals surface area contributed by atoms with Crippen LogP contribution in [-0.2, 0) is 35.5 Å². The molecule has 3 rings (SSSR count). The van der Waals surface area contributed by atoms with Crippen LogP contribution in [0.15, 0.2) is 23.1 Å². The molecule has 2 amide bonds. The summed E-state index contributed by atoms with van der Waals surface area (Å²) in [6.45, 7) is 3.34. The number of ether oxygens (including phenoxy) is 2. The third-order valence-corrected chi connectivity index (χ3v) is 7.50. The Balaban J connectivity index is 1.83. The Kier molecular flexibility index (Phi) is 8.23. The minimum atomic E-state index is -4.06. The van der Waals surface area contributed by atoms with Gasteiger partial charge in [0.1, 0.15) is 12.6 Å². The molecule has 3 N–H and O–H groups in total. The van der Waals surface area contributed by atoms with Crippen molar-refractivity contribution < 1.29 is 27.5 Å². The van der Waals surface area contributed by atoms with E-state index in [2.05, 4.69) is 4.72 Å². The number of hydrogen-bond acceptors (Lipinski definition) is 7. The zero-order chi connectivity index (χ0) is 23.3. The first-order chi connectivity index (χ1) is 15.3. The molecule has 0 bridgehead atoms. The maximum absolute atomic E-state index is 13.3. The number of nitrogens with zero attached hydrogens (tertiary/aromatic N) is 2. The summed E-state index contributed by atoms with van der Waals surface area (Å²) in [5, 5.41) is 0. The predicted molar refractivity (Wildman–Crippen MR) is 119 cm³/mol. The van der Waals surface area contributed by atoms with Crippen molar-refractivity contribution in [3.05, 3.63) is 23.8 Å². The summed E-state index contributed by atoms with van der Waals surface area (Å²) >= 11 is 0. The SMILES string of the molecule is CCc1c(N2CCOCC2=O)cccc1S(=O)(=O)N[C@@H](CN)C(=O)N1CCC(OC)CC1. The summed E-state index contributed by atoms with van der Waals surface area (Å²) in [7, 11) is -2.42. The summed E-state index contributed by atoms with van der Waals surface area (Å²) < 4.78 is 39.6. The molecule has 1 atom stereocenters. The molecule has 0 unspecified atom stereocenters. The summed E-state index contributed by atoms with van der Waals surface area (Å²) in [6, 6.07) is 3.74. The second kappa shape index (κ2) is 10.7. The first kappa shape index (κ1) is 24.6. The molecule has 2 fully saturated rings. The molecule has 2 saturated heterocycles. The van der Waals surface area contributed by atoms with Crippen LogP contribution in [0.2, 0.25) is 0 Å². The minimum absolute atomic E-state index is 0.0398. The zero-order valence-corrected chi connectivity index (χ0v) is 19.4. The third kappa shape index (κ3) is 5.29. The van der Waals surface area contributed by atoms with E-state index in [1.807, 2.05) is 6.92 Å². The van der Waals surface area contributed by atoms with Crippen molar-refractivity contribution in [1.82, 2.24) is 9.62 Å². The van der Waals surface area contributed by atoms with Crippen LogP contribution in [0.1, 0.15) is 25.3 Å². The van der Waals surface area contributed by atoms with Crippen molar-refractivity contribution in [2.75, 3.05) is 51.4 Å². The molecule has 0 aliphatic carbocycles. The Morgan fingerprint density at radius 1 is 1.31 bits per heavy atom. The Morgan fingerprint density at radius 2 is 2.03 bits per heavy atom. The van der Waals surface area contributed by atoms with Crippen LogP contribution in [0, 0.1) is 0 Å². The van der Waals surface area contributed by atoms with Gasteiger partial charge in [-0.15, -0.1) is 0 Å². The van der Waals surface area contributed by atoms with Gasteiger partial charge in [-0.25, -0.2) is 8.42 Å². The van der Waals surface area contributed by atoms with Gasteiger partial charge in [0.2, 0.25) is 15.9 Å². The van der Waals surface area contributed by atoms with Gasteiger partial charge in [0.25, 0.3) is 5.91 Å². The van der Waals surface area contributed by atoms with E-state index in [1.165, 1.54) is 6.07 Å². The number of carbonyl (C=O) groups is 2. The molecule has 0 spiro atoms. The van der Waals surface area contributed by atoms with Gasteiger partial charge in [-0.3, -0.25) is 9.59 Å². The molecule has 2 aliphatic heterocycles. The number of piperidine rings is 1. The fraction of sp³-hybridized carbons (Fsp3) is 0.619. The zero-order valence-electron chi connectivity index (χ0n) is 18.6. The number of amides is 2. The average Bonchev–Trinajstić information content (AvgIpc) is 2.82. The van der Waals surface area contributed by atoms with Crippen LogP contribution in [-0.4, -0.2) is 83.8 Å². The van der Waals surface area contributed by atoms with Crippen molar-refractivity contribution in [3.63, 3.8) is 0 Å². The van der Waals surface area contributed by atoms with Crippen molar-refractivity contribution >= 4 is 27.5 Å². The van der Waals surface area contributed by atoms with Gasteiger partial charge in [0, 0.05) is 39.0 Å². The summed E-state index contributed by atoms with van der Waals surface area (Å²) in [5.41, 5.74) is 6.84. The van der Waals surface area contributed by atoms with Gasteiger partial charge in [-0.05, 0) is 37.0 Å². The second-order valence-electron chi connectivity index (χ2n) is 7.88. The summed E-state index contributed by atoms with van der Waals surface area (Å²) in [4.78, 5) is 28.5. The average molecular weight is 469 g/mol. The largest absolute Gasteiger partial charge is 0.381 e. The number of nitrogens with one attached hydrogen (secondary N) is 1. The van der Waals surface area contributed by atoms with E-state index in [-0.39, 0.29) is 36.0 Å². The fourth-order valence-corrected chi connectivity index (χ4v) is 5.70. The molecular weight excluding hydrogens is 436 g/mol. The van der Waals surface area contributed by atoms with E-state index in [0.29, 0.717) is 56.8 Å². The monoisotopic (exact) mass is 468 g/mol. The van der Waals surface area contributed by atoms with Crippen LogP contribution in [0.3, 0.4) is 0 Å². The molecule has 0 radical (unpaired) electrons. The standard InChI is InChI=1S/C21H32N4O6S/c1-3-16-18(25-11-12-31-14-20(25)26)5-4-6-19(16)32(28,29)23-17(13-22)21(27)24-9-7-15(30-2)8-10-24/h4-6,15,17,23H,3,7-14,22H2,1-2H3/t17-/m0/s1. The smallest absolute Gasteiger partial charge is 0.253 e. The second-order valence-corrected chi connectivity index (χ2v) is 9.56. The lowest BCUT2D eigenvalue weighted by atomic mass is 10.1.